The van der Waals surface area contributed by atoms with Gasteiger partial charge in [0.15, 0.2) is 5.60 Å². The normalized spacial score (nSPS) is 30.7. The molecule has 0 bridgehead atoms. The van der Waals surface area contributed by atoms with E-state index in [1.807, 2.05) is 23.1 Å². The summed E-state index contributed by atoms with van der Waals surface area (Å²) >= 11 is 0. The maximum atomic E-state index is 13.3. The van der Waals surface area contributed by atoms with Crippen LogP contribution in [0.3, 0.4) is 0 Å². The molecular formula is C21H27NO3. The molecule has 3 aliphatic rings. The van der Waals surface area contributed by atoms with Crippen molar-refractivity contribution in [3.63, 3.8) is 0 Å². The van der Waals surface area contributed by atoms with Gasteiger partial charge in [0.2, 0.25) is 5.91 Å². The van der Waals surface area contributed by atoms with Crippen molar-refractivity contribution in [1.82, 2.24) is 4.90 Å². The Morgan fingerprint density at radius 2 is 2.04 bits per heavy atom. The number of allylic oxidation sites excluding steroid dienone is 2. The number of para-hydroxylation sites is 1. The minimum Gasteiger partial charge on any atom is -0.483 e. The molecule has 4 nitrogen and oxygen atoms in total. The van der Waals surface area contributed by atoms with E-state index in [9.17, 15) is 4.79 Å². The summed E-state index contributed by atoms with van der Waals surface area (Å²) in [7, 11) is 0. The Balaban J connectivity index is 1.59. The van der Waals surface area contributed by atoms with Crippen molar-refractivity contribution >= 4 is 5.91 Å². The zero-order valence-electron chi connectivity index (χ0n) is 14.8. The standard InChI is InChI=1S/C21H27NO3/c23-20(17-8-4-2-1-3-5-9-17)22-14-18-10-6-7-11-19(18)25-21(15-22)12-13-24-16-21/h1-2,6-7,10-11,17H,3-5,8-9,12-16H2/b2-1-. The zero-order valence-corrected chi connectivity index (χ0v) is 14.8. The molecule has 1 aliphatic carbocycles. The molecule has 2 atom stereocenters. The Morgan fingerprint density at radius 1 is 1.16 bits per heavy atom. The van der Waals surface area contributed by atoms with Crippen LogP contribution in [0.5, 0.6) is 5.75 Å². The molecule has 2 unspecified atom stereocenters. The van der Waals surface area contributed by atoms with Gasteiger partial charge in [-0.3, -0.25) is 4.79 Å². The number of benzene rings is 1. The maximum absolute atomic E-state index is 13.3. The average Bonchev–Trinajstić information content (AvgIpc) is 2.96. The number of nitrogens with zero attached hydrogens (tertiary/aromatic N) is 1. The third-order valence-electron chi connectivity index (χ3n) is 5.64. The minimum absolute atomic E-state index is 0.134. The fourth-order valence-electron chi connectivity index (χ4n) is 4.22. The third-order valence-corrected chi connectivity index (χ3v) is 5.64. The molecule has 0 saturated carbocycles. The molecule has 0 aromatic heterocycles. The number of rotatable bonds is 1. The quantitative estimate of drug-likeness (QED) is 0.731. The smallest absolute Gasteiger partial charge is 0.226 e. The zero-order chi connectivity index (χ0) is 17.1. The molecule has 2 heterocycles. The van der Waals surface area contributed by atoms with Gasteiger partial charge in [-0.25, -0.2) is 0 Å². The van der Waals surface area contributed by atoms with Gasteiger partial charge in [-0.1, -0.05) is 30.4 Å². The van der Waals surface area contributed by atoms with Gasteiger partial charge < -0.3 is 14.4 Å². The molecule has 134 valence electrons. The van der Waals surface area contributed by atoms with E-state index in [1.54, 1.807) is 0 Å². The lowest BCUT2D eigenvalue weighted by Gasteiger charge is -2.33. The topological polar surface area (TPSA) is 38.8 Å². The molecular weight excluding hydrogens is 314 g/mol. The average molecular weight is 341 g/mol. The second-order valence-electron chi connectivity index (χ2n) is 7.57. The SMILES string of the molecule is O=C(C1CC/C=C\CCC1)N1Cc2ccccc2OC2(CCOC2)C1. The Bertz CT molecular complexity index is 648. The number of hydrogen-bond acceptors (Lipinski definition) is 3. The lowest BCUT2D eigenvalue weighted by Crippen LogP contribution is -2.49. The van der Waals surface area contributed by atoms with E-state index in [1.165, 1.54) is 0 Å². The largest absolute Gasteiger partial charge is 0.483 e. The number of hydrogen-bond donors (Lipinski definition) is 0. The molecule has 1 saturated heterocycles. The van der Waals surface area contributed by atoms with Crippen LogP contribution in [0.15, 0.2) is 36.4 Å². The summed E-state index contributed by atoms with van der Waals surface area (Å²) in [5.74, 6) is 1.33. The maximum Gasteiger partial charge on any atom is 0.226 e. The van der Waals surface area contributed by atoms with Crippen LogP contribution in [0, 0.1) is 5.92 Å². The van der Waals surface area contributed by atoms with Gasteiger partial charge in [0, 0.05) is 24.4 Å². The highest BCUT2D eigenvalue weighted by Gasteiger charge is 2.43. The Labute approximate surface area is 149 Å². The molecule has 1 fully saturated rings. The Kier molecular flexibility index (Phi) is 4.80. The molecule has 2 aliphatic heterocycles. The molecule has 4 heteroatoms. The molecule has 0 N–H and O–H groups in total. The minimum atomic E-state index is -0.385. The summed E-state index contributed by atoms with van der Waals surface area (Å²) in [6.07, 6.45) is 10.5. The second kappa shape index (κ2) is 7.20. The Hall–Kier alpha value is -1.81. The number of carbonyl (C=O) groups is 1. The van der Waals surface area contributed by atoms with E-state index in [-0.39, 0.29) is 11.5 Å². The van der Waals surface area contributed by atoms with E-state index in [0.29, 0.717) is 32.2 Å². The van der Waals surface area contributed by atoms with Gasteiger partial charge in [-0.05, 0) is 38.2 Å². The van der Waals surface area contributed by atoms with Crippen LogP contribution < -0.4 is 4.74 Å². The highest BCUT2D eigenvalue weighted by molar-refractivity contribution is 5.79. The monoisotopic (exact) mass is 341 g/mol. The molecule has 1 spiro atoms. The second-order valence-corrected chi connectivity index (χ2v) is 7.57. The molecule has 4 rings (SSSR count). The van der Waals surface area contributed by atoms with Gasteiger partial charge in [0.25, 0.3) is 0 Å². The first-order valence-electron chi connectivity index (χ1n) is 9.54. The van der Waals surface area contributed by atoms with Crippen molar-refractivity contribution in [2.45, 2.75) is 50.7 Å². The van der Waals surface area contributed by atoms with Gasteiger partial charge in [0.05, 0.1) is 19.8 Å². The predicted octanol–water partition coefficient (Wildman–Crippen LogP) is 3.70. The summed E-state index contributed by atoms with van der Waals surface area (Å²) in [6, 6.07) is 8.12. The number of carbonyl (C=O) groups excluding carboxylic acids is 1. The molecule has 1 amide bonds. The first-order chi connectivity index (χ1) is 12.3. The summed E-state index contributed by atoms with van der Waals surface area (Å²) in [5, 5.41) is 0. The van der Waals surface area contributed by atoms with Crippen molar-refractivity contribution < 1.29 is 14.3 Å². The van der Waals surface area contributed by atoms with Gasteiger partial charge in [-0.2, -0.15) is 0 Å². The summed E-state index contributed by atoms with van der Waals surface area (Å²) in [4.78, 5) is 15.4. The number of amides is 1. The molecule has 1 aromatic carbocycles. The molecule has 25 heavy (non-hydrogen) atoms. The predicted molar refractivity (Wildman–Crippen MR) is 96.4 cm³/mol. The van der Waals surface area contributed by atoms with Crippen molar-refractivity contribution in [3.05, 3.63) is 42.0 Å². The van der Waals surface area contributed by atoms with Crippen LogP contribution in [-0.2, 0) is 16.1 Å². The van der Waals surface area contributed by atoms with Crippen molar-refractivity contribution in [2.75, 3.05) is 19.8 Å². The van der Waals surface area contributed by atoms with E-state index in [2.05, 4.69) is 18.2 Å². The van der Waals surface area contributed by atoms with E-state index in [4.69, 9.17) is 9.47 Å². The van der Waals surface area contributed by atoms with Gasteiger partial charge in [0.1, 0.15) is 5.75 Å². The lowest BCUT2D eigenvalue weighted by molar-refractivity contribution is -0.139. The van der Waals surface area contributed by atoms with Gasteiger partial charge in [-0.15, -0.1) is 0 Å². The fraction of sp³-hybridized carbons (Fsp3) is 0.571. The lowest BCUT2D eigenvalue weighted by atomic mass is 9.92. The van der Waals surface area contributed by atoms with Crippen molar-refractivity contribution in [2.24, 2.45) is 5.92 Å². The van der Waals surface area contributed by atoms with Crippen LogP contribution in [0.4, 0.5) is 0 Å². The summed E-state index contributed by atoms with van der Waals surface area (Å²) < 4.78 is 12.0. The van der Waals surface area contributed by atoms with E-state index in [0.717, 1.165) is 49.8 Å². The van der Waals surface area contributed by atoms with Crippen molar-refractivity contribution in [1.29, 1.82) is 0 Å². The molecule has 0 radical (unpaired) electrons. The van der Waals surface area contributed by atoms with Crippen LogP contribution in [0.2, 0.25) is 0 Å². The molecule has 1 aromatic rings. The van der Waals surface area contributed by atoms with Crippen LogP contribution in [0.25, 0.3) is 0 Å². The van der Waals surface area contributed by atoms with Crippen LogP contribution in [0.1, 0.15) is 44.1 Å². The van der Waals surface area contributed by atoms with Crippen LogP contribution in [-0.4, -0.2) is 36.2 Å². The summed E-state index contributed by atoms with van der Waals surface area (Å²) in [5.41, 5.74) is 0.717. The van der Waals surface area contributed by atoms with E-state index < -0.39 is 0 Å². The van der Waals surface area contributed by atoms with Crippen molar-refractivity contribution in [3.8, 4) is 5.75 Å². The fourth-order valence-corrected chi connectivity index (χ4v) is 4.22. The first-order valence-corrected chi connectivity index (χ1v) is 9.54. The first kappa shape index (κ1) is 16.6. The number of ether oxygens (including phenoxy) is 2. The number of fused-ring (bicyclic) bond motifs is 1. The highest BCUT2D eigenvalue weighted by Crippen LogP contribution is 2.35. The highest BCUT2D eigenvalue weighted by atomic mass is 16.6. The van der Waals surface area contributed by atoms with Crippen LogP contribution >= 0.6 is 0 Å². The van der Waals surface area contributed by atoms with Gasteiger partial charge >= 0.3 is 0 Å². The van der Waals surface area contributed by atoms with E-state index >= 15 is 0 Å². The summed E-state index contributed by atoms with van der Waals surface area (Å²) in [6.45, 7) is 2.55. The third kappa shape index (κ3) is 3.59. The Morgan fingerprint density at radius 3 is 2.92 bits per heavy atom.